The molecule has 2 amide bonds. The standard InChI is InChI=1S/C30H36BrN3O5S/c1-6-39-27-15-13-26(14-16-27)34(40(37,38)28-17-7-22(4)8-18-28)20-29(35)33(23(5)30(36)32-21(2)3)19-24-9-11-25(31)12-10-24/h7-18,21,23H,6,19-20H2,1-5H3,(H,32,36). The van der Waals surface area contributed by atoms with E-state index in [9.17, 15) is 18.0 Å². The number of sulfonamides is 1. The fourth-order valence-electron chi connectivity index (χ4n) is 4.02. The zero-order valence-corrected chi connectivity index (χ0v) is 25.8. The Labute approximate surface area is 245 Å². The van der Waals surface area contributed by atoms with Gasteiger partial charge in [-0.05, 0) is 88.7 Å². The third-order valence-electron chi connectivity index (χ3n) is 6.19. The number of carbonyl (C=O) groups is 2. The van der Waals surface area contributed by atoms with Crippen molar-refractivity contribution in [3.63, 3.8) is 0 Å². The van der Waals surface area contributed by atoms with Crippen molar-refractivity contribution in [2.75, 3.05) is 17.5 Å². The van der Waals surface area contributed by atoms with Crippen LogP contribution in [-0.2, 0) is 26.2 Å². The van der Waals surface area contributed by atoms with E-state index < -0.39 is 28.5 Å². The van der Waals surface area contributed by atoms with E-state index >= 15 is 0 Å². The maximum Gasteiger partial charge on any atom is 0.264 e. The van der Waals surface area contributed by atoms with Gasteiger partial charge in [0, 0.05) is 17.1 Å². The van der Waals surface area contributed by atoms with E-state index in [1.165, 1.54) is 17.0 Å². The van der Waals surface area contributed by atoms with Gasteiger partial charge in [-0.15, -0.1) is 0 Å². The molecular formula is C30H36BrN3O5S. The summed E-state index contributed by atoms with van der Waals surface area (Å²) < 4.78 is 35.3. The lowest BCUT2D eigenvalue weighted by Crippen LogP contribution is -2.52. The van der Waals surface area contributed by atoms with E-state index in [2.05, 4.69) is 21.2 Å². The molecule has 0 saturated heterocycles. The summed E-state index contributed by atoms with van der Waals surface area (Å²) in [6.07, 6.45) is 0. The van der Waals surface area contributed by atoms with Crippen molar-refractivity contribution in [2.24, 2.45) is 0 Å². The van der Waals surface area contributed by atoms with E-state index in [1.54, 1.807) is 43.3 Å². The monoisotopic (exact) mass is 629 g/mol. The number of aryl methyl sites for hydroxylation is 1. The number of anilines is 1. The number of benzene rings is 3. The Kier molecular flexibility index (Phi) is 10.8. The summed E-state index contributed by atoms with van der Waals surface area (Å²) in [7, 11) is -4.13. The third-order valence-corrected chi connectivity index (χ3v) is 8.50. The lowest BCUT2D eigenvalue weighted by Gasteiger charge is -2.32. The summed E-state index contributed by atoms with van der Waals surface area (Å²) in [5, 5.41) is 2.85. The fourth-order valence-corrected chi connectivity index (χ4v) is 5.69. The van der Waals surface area contributed by atoms with Gasteiger partial charge in [0.25, 0.3) is 10.0 Å². The molecule has 8 nitrogen and oxygen atoms in total. The van der Waals surface area contributed by atoms with Gasteiger partial charge in [-0.25, -0.2) is 8.42 Å². The van der Waals surface area contributed by atoms with Crippen molar-refractivity contribution >= 4 is 43.5 Å². The second-order valence-corrected chi connectivity index (χ2v) is 12.5. The zero-order chi connectivity index (χ0) is 29.4. The Balaban J connectivity index is 2.02. The number of hydrogen-bond acceptors (Lipinski definition) is 5. The molecule has 3 aromatic carbocycles. The van der Waals surface area contributed by atoms with Crippen LogP contribution in [0.5, 0.6) is 5.75 Å². The Bertz CT molecular complexity index is 1390. The first-order valence-corrected chi connectivity index (χ1v) is 15.3. The van der Waals surface area contributed by atoms with E-state index in [1.807, 2.05) is 52.0 Å². The Morgan fingerprint density at radius 2 is 1.52 bits per heavy atom. The average Bonchev–Trinajstić information content (AvgIpc) is 2.91. The molecule has 0 radical (unpaired) electrons. The van der Waals surface area contributed by atoms with Gasteiger partial charge in [0.1, 0.15) is 18.3 Å². The Morgan fingerprint density at radius 3 is 2.08 bits per heavy atom. The molecular weight excluding hydrogens is 594 g/mol. The van der Waals surface area contributed by atoms with Crippen molar-refractivity contribution in [1.29, 1.82) is 0 Å². The molecule has 0 spiro atoms. The van der Waals surface area contributed by atoms with Gasteiger partial charge in [-0.2, -0.15) is 0 Å². The van der Waals surface area contributed by atoms with Crippen molar-refractivity contribution in [1.82, 2.24) is 10.2 Å². The van der Waals surface area contributed by atoms with Crippen LogP contribution in [0.25, 0.3) is 0 Å². The quantitative estimate of drug-likeness (QED) is 0.294. The van der Waals surface area contributed by atoms with Gasteiger partial charge in [-0.3, -0.25) is 13.9 Å². The van der Waals surface area contributed by atoms with Crippen LogP contribution < -0.4 is 14.4 Å². The molecule has 10 heteroatoms. The van der Waals surface area contributed by atoms with Crippen LogP contribution in [-0.4, -0.2) is 50.4 Å². The number of hydrogen-bond donors (Lipinski definition) is 1. The van der Waals surface area contributed by atoms with E-state index in [4.69, 9.17) is 4.74 Å². The van der Waals surface area contributed by atoms with Gasteiger partial charge >= 0.3 is 0 Å². The van der Waals surface area contributed by atoms with E-state index in [0.29, 0.717) is 18.0 Å². The van der Waals surface area contributed by atoms with Gasteiger partial charge < -0.3 is 15.0 Å². The maximum absolute atomic E-state index is 13.9. The first-order valence-electron chi connectivity index (χ1n) is 13.1. The summed E-state index contributed by atoms with van der Waals surface area (Å²) in [5.74, 6) is -0.255. The van der Waals surface area contributed by atoms with Crippen LogP contribution >= 0.6 is 15.9 Å². The number of rotatable bonds is 12. The van der Waals surface area contributed by atoms with Crippen LogP contribution in [0.3, 0.4) is 0 Å². The van der Waals surface area contributed by atoms with Crippen LogP contribution in [0.1, 0.15) is 38.8 Å². The summed E-state index contributed by atoms with van der Waals surface area (Å²) in [6, 6.07) is 19.5. The first kappa shape index (κ1) is 31.2. The summed E-state index contributed by atoms with van der Waals surface area (Å²) in [4.78, 5) is 28.4. The molecule has 1 N–H and O–H groups in total. The minimum Gasteiger partial charge on any atom is -0.494 e. The zero-order valence-electron chi connectivity index (χ0n) is 23.4. The molecule has 214 valence electrons. The molecule has 0 bridgehead atoms. The van der Waals surface area contributed by atoms with E-state index in [-0.39, 0.29) is 23.4 Å². The fraction of sp³-hybridized carbons (Fsp3) is 0.333. The van der Waals surface area contributed by atoms with Crippen molar-refractivity contribution < 1.29 is 22.7 Å². The largest absolute Gasteiger partial charge is 0.494 e. The second-order valence-electron chi connectivity index (χ2n) is 9.74. The molecule has 40 heavy (non-hydrogen) atoms. The van der Waals surface area contributed by atoms with Gasteiger partial charge in [-0.1, -0.05) is 45.8 Å². The van der Waals surface area contributed by atoms with Gasteiger partial charge in [0.15, 0.2) is 0 Å². The molecule has 0 aliphatic carbocycles. The summed E-state index contributed by atoms with van der Waals surface area (Å²) in [5.41, 5.74) is 2.02. The van der Waals surface area contributed by atoms with Gasteiger partial charge in [0.05, 0.1) is 17.2 Å². The number of ether oxygens (including phenoxy) is 1. The molecule has 1 unspecified atom stereocenters. The SMILES string of the molecule is CCOc1ccc(N(CC(=O)N(Cc2ccc(Br)cc2)C(C)C(=O)NC(C)C)S(=O)(=O)c2ccc(C)cc2)cc1. The molecule has 1 atom stereocenters. The molecule has 0 aliphatic heterocycles. The molecule has 3 rings (SSSR count). The highest BCUT2D eigenvalue weighted by atomic mass is 79.9. The summed E-state index contributed by atoms with van der Waals surface area (Å²) >= 11 is 3.41. The Morgan fingerprint density at radius 1 is 0.925 bits per heavy atom. The molecule has 0 heterocycles. The highest BCUT2D eigenvalue weighted by Crippen LogP contribution is 2.27. The number of halogens is 1. The average molecular weight is 631 g/mol. The van der Waals surface area contributed by atoms with Crippen LogP contribution in [0.4, 0.5) is 5.69 Å². The molecule has 3 aromatic rings. The molecule has 0 saturated carbocycles. The topological polar surface area (TPSA) is 96.0 Å². The summed E-state index contributed by atoms with van der Waals surface area (Å²) in [6.45, 7) is 9.14. The Hall–Kier alpha value is -3.37. The van der Waals surface area contributed by atoms with Crippen molar-refractivity contribution in [3.8, 4) is 5.75 Å². The van der Waals surface area contributed by atoms with Crippen molar-refractivity contribution in [2.45, 2.75) is 58.1 Å². The lowest BCUT2D eigenvalue weighted by molar-refractivity contribution is -0.139. The highest BCUT2D eigenvalue weighted by Gasteiger charge is 2.32. The van der Waals surface area contributed by atoms with Crippen LogP contribution in [0, 0.1) is 6.92 Å². The van der Waals surface area contributed by atoms with E-state index in [0.717, 1.165) is 19.9 Å². The van der Waals surface area contributed by atoms with Crippen molar-refractivity contribution in [3.05, 3.63) is 88.4 Å². The molecule has 0 fully saturated rings. The minimum absolute atomic E-state index is 0.0600. The molecule has 0 aliphatic rings. The number of amides is 2. The predicted molar refractivity (Wildman–Crippen MR) is 161 cm³/mol. The number of carbonyl (C=O) groups excluding carboxylic acids is 2. The smallest absolute Gasteiger partial charge is 0.264 e. The molecule has 0 aromatic heterocycles. The third kappa shape index (κ3) is 8.08. The highest BCUT2D eigenvalue weighted by molar-refractivity contribution is 9.10. The predicted octanol–water partition coefficient (Wildman–Crippen LogP) is 5.29. The van der Waals surface area contributed by atoms with Gasteiger partial charge in [0.2, 0.25) is 11.8 Å². The lowest BCUT2D eigenvalue weighted by atomic mass is 10.1. The second kappa shape index (κ2) is 13.8. The first-order chi connectivity index (χ1) is 18.9. The number of nitrogens with zero attached hydrogens (tertiary/aromatic N) is 2. The normalized spacial score (nSPS) is 12.1. The maximum atomic E-state index is 13.9. The number of nitrogens with one attached hydrogen (secondary N) is 1. The van der Waals surface area contributed by atoms with Crippen LogP contribution in [0.15, 0.2) is 82.2 Å². The minimum atomic E-state index is -4.13. The van der Waals surface area contributed by atoms with Crippen LogP contribution in [0.2, 0.25) is 0 Å².